The van der Waals surface area contributed by atoms with E-state index in [1.54, 1.807) is 56.8 Å². The molecule has 1 fully saturated rings. The second-order valence-electron chi connectivity index (χ2n) is 7.86. The summed E-state index contributed by atoms with van der Waals surface area (Å²) in [6.07, 6.45) is 0.757. The Labute approximate surface area is 177 Å². The Kier molecular flexibility index (Phi) is 6.49. The van der Waals surface area contributed by atoms with Crippen molar-refractivity contribution >= 4 is 33.4 Å². The zero-order chi connectivity index (χ0) is 21.1. The van der Waals surface area contributed by atoms with Gasteiger partial charge in [-0.1, -0.05) is 48.5 Å². The van der Waals surface area contributed by atoms with Gasteiger partial charge < -0.3 is 0 Å². The molecule has 7 heteroatoms. The van der Waals surface area contributed by atoms with E-state index in [1.165, 1.54) is 4.90 Å². The molecule has 1 aliphatic rings. The number of carbonyl (C=O) groups excluding carboxylic acids is 1. The van der Waals surface area contributed by atoms with Crippen LogP contribution in [0.3, 0.4) is 0 Å². The van der Waals surface area contributed by atoms with Gasteiger partial charge in [-0.05, 0) is 50.6 Å². The highest BCUT2D eigenvalue weighted by Crippen LogP contribution is 2.38. The molecular formula is C22H26N2O3S2. The molecule has 1 unspecified atom stereocenters. The smallest absolute Gasteiger partial charge is 0.282 e. The number of hydrogen-bond donors (Lipinski definition) is 0. The fourth-order valence-corrected chi connectivity index (χ4v) is 6.46. The molecule has 154 valence electrons. The lowest BCUT2D eigenvalue weighted by Gasteiger charge is -2.30. The number of benzene rings is 2. The van der Waals surface area contributed by atoms with Gasteiger partial charge in [0.15, 0.2) is 5.25 Å². The minimum Gasteiger partial charge on any atom is -0.282 e. The third-order valence-corrected chi connectivity index (χ3v) is 7.92. The van der Waals surface area contributed by atoms with E-state index >= 15 is 0 Å². The van der Waals surface area contributed by atoms with Crippen molar-refractivity contribution in [2.45, 2.75) is 42.9 Å². The zero-order valence-corrected chi connectivity index (χ0v) is 18.5. The van der Waals surface area contributed by atoms with E-state index in [4.69, 9.17) is 0 Å². The first kappa shape index (κ1) is 21.6. The summed E-state index contributed by atoms with van der Waals surface area (Å²) in [5, 5.41) is -1.04. The largest absolute Gasteiger partial charge is 0.283 e. The Bertz CT molecular complexity index is 982. The van der Waals surface area contributed by atoms with Crippen LogP contribution in [0.2, 0.25) is 0 Å². The molecule has 2 aromatic rings. The predicted octanol–water partition coefficient (Wildman–Crippen LogP) is 4.32. The van der Waals surface area contributed by atoms with Crippen molar-refractivity contribution in [2.75, 3.05) is 12.3 Å². The second kappa shape index (κ2) is 8.71. The van der Waals surface area contributed by atoms with Crippen molar-refractivity contribution in [3.63, 3.8) is 0 Å². The lowest BCUT2D eigenvalue weighted by atomic mass is 10.1. The van der Waals surface area contributed by atoms with Crippen LogP contribution in [0.4, 0.5) is 0 Å². The van der Waals surface area contributed by atoms with E-state index in [-0.39, 0.29) is 5.71 Å². The molecule has 1 amide bonds. The molecule has 1 heterocycles. The van der Waals surface area contributed by atoms with Gasteiger partial charge in [0.1, 0.15) is 5.71 Å². The van der Waals surface area contributed by atoms with Crippen LogP contribution in [0.5, 0.6) is 0 Å². The number of aliphatic imine (C=N–C) groups is 1. The highest BCUT2D eigenvalue weighted by Gasteiger charge is 2.54. The molecule has 0 aromatic heterocycles. The van der Waals surface area contributed by atoms with Crippen molar-refractivity contribution in [3.8, 4) is 0 Å². The molecule has 5 nitrogen and oxygen atoms in total. The van der Waals surface area contributed by atoms with Crippen LogP contribution in [-0.2, 0) is 14.8 Å². The fourth-order valence-electron chi connectivity index (χ4n) is 3.34. The van der Waals surface area contributed by atoms with Crippen molar-refractivity contribution in [1.29, 1.82) is 0 Å². The Morgan fingerprint density at radius 2 is 1.59 bits per heavy atom. The number of amides is 1. The van der Waals surface area contributed by atoms with Gasteiger partial charge in [0.2, 0.25) is 0 Å². The van der Waals surface area contributed by atoms with Crippen LogP contribution in [0.25, 0.3) is 0 Å². The first-order valence-corrected chi connectivity index (χ1v) is 12.1. The third kappa shape index (κ3) is 4.73. The Morgan fingerprint density at radius 3 is 2.17 bits per heavy atom. The van der Waals surface area contributed by atoms with Gasteiger partial charge in [0.05, 0.1) is 5.54 Å². The second-order valence-corrected chi connectivity index (χ2v) is 10.9. The van der Waals surface area contributed by atoms with Crippen LogP contribution in [0.15, 0.2) is 70.6 Å². The van der Waals surface area contributed by atoms with Gasteiger partial charge in [-0.3, -0.25) is 9.79 Å². The van der Waals surface area contributed by atoms with Crippen LogP contribution < -0.4 is 0 Å². The average molecular weight is 431 g/mol. The normalized spacial score (nSPS) is 20.4. The Balaban J connectivity index is 1.82. The average Bonchev–Trinajstić information content (AvgIpc) is 2.87. The maximum atomic E-state index is 13.3. The minimum absolute atomic E-state index is 0.121. The maximum Gasteiger partial charge on any atom is 0.283 e. The highest BCUT2D eigenvalue weighted by atomic mass is 32.2. The number of carbonyl (C=O) groups is 1. The summed E-state index contributed by atoms with van der Waals surface area (Å²) in [7, 11) is -3.87. The molecule has 0 bridgehead atoms. The van der Waals surface area contributed by atoms with E-state index in [0.29, 0.717) is 12.1 Å². The van der Waals surface area contributed by atoms with Crippen molar-refractivity contribution in [3.05, 3.63) is 66.2 Å². The maximum absolute atomic E-state index is 13.3. The van der Waals surface area contributed by atoms with Gasteiger partial charge >= 0.3 is 0 Å². The number of nitrogens with zero attached hydrogens (tertiary/aromatic N) is 2. The summed E-state index contributed by atoms with van der Waals surface area (Å²) in [4.78, 5) is 18.7. The van der Waals surface area contributed by atoms with Gasteiger partial charge in [-0.25, -0.2) is 12.7 Å². The molecule has 3 rings (SSSR count). The van der Waals surface area contributed by atoms with E-state index in [0.717, 1.165) is 16.5 Å². The first-order valence-electron chi connectivity index (χ1n) is 9.58. The van der Waals surface area contributed by atoms with Gasteiger partial charge in [0, 0.05) is 11.4 Å². The summed E-state index contributed by atoms with van der Waals surface area (Å²) in [5.74, 6) is 0.336. The number of rotatable bonds is 6. The SMILES string of the molecule is CC(C)(C)N1C(=O)C(=NCCCSc2ccccc2)C(c2ccccc2)S1(=O)=O. The standard InChI is InChI=1S/C22H26N2O3S2/c1-22(2,3)24-21(25)19(20(29(24,26)27)17-11-6-4-7-12-17)23-15-10-16-28-18-13-8-5-9-14-18/h4-9,11-14,20H,10,15-16H2,1-3H3. The molecule has 0 radical (unpaired) electrons. The highest BCUT2D eigenvalue weighted by molar-refractivity contribution is 7.99. The van der Waals surface area contributed by atoms with Crippen LogP contribution in [0.1, 0.15) is 38.0 Å². The lowest BCUT2D eigenvalue weighted by Crippen LogP contribution is -2.45. The monoisotopic (exact) mass is 430 g/mol. The van der Waals surface area contributed by atoms with Crippen molar-refractivity contribution in [2.24, 2.45) is 4.99 Å². The fraction of sp³-hybridized carbons (Fsp3) is 0.364. The van der Waals surface area contributed by atoms with E-state index in [1.807, 2.05) is 24.3 Å². The Hall–Kier alpha value is -2.12. The summed E-state index contributed by atoms with van der Waals surface area (Å²) in [6, 6.07) is 18.9. The third-order valence-electron chi connectivity index (χ3n) is 4.51. The van der Waals surface area contributed by atoms with Crippen LogP contribution >= 0.6 is 11.8 Å². The topological polar surface area (TPSA) is 66.8 Å². The molecule has 0 spiro atoms. The molecule has 0 aliphatic carbocycles. The van der Waals surface area contributed by atoms with Gasteiger partial charge in [-0.2, -0.15) is 0 Å². The number of hydrogen-bond acceptors (Lipinski definition) is 5. The minimum atomic E-state index is -3.87. The molecule has 1 atom stereocenters. The first-order chi connectivity index (χ1) is 13.7. The van der Waals surface area contributed by atoms with Gasteiger partial charge in [-0.15, -0.1) is 11.8 Å². The molecule has 29 heavy (non-hydrogen) atoms. The molecule has 1 saturated heterocycles. The predicted molar refractivity (Wildman–Crippen MR) is 119 cm³/mol. The summed E-state index contributed by atoms with van der Waals surface area (Å²) in [5.41, 5.74) is -0.149. The van der Waals surface area contributed by atoms with Crippen molar-refractivity contribution < 1.29 is 13.2 Å². The molecule has 1 aliphatic heterocycles. The van der Waals surface area contributed by atoms with E-state index in [9.17, 15) is 13.2 Å². The lowest BCUT2D eigenvalue weighted by molar-refractivity contribution is -0.122. The Morgan fingerprint density at radius 1 is 1.00 bits per heavy atom. The molecular weight excluding hydrogens is 404 g/mol. The molecule has 2 aromatic carbocycles. The number of thioether (sulfide) groups is 1. The van der Waals surface area contributed by atoms with Crippen LogP contribution in [-0.4, -0.2) is 42.2 Å². The molecule has 0 saturated carbocycles. The van der Waals surface area contributed by atoms with Gasteiger partial charge in [0.25, 0.3) is 15.9 Å². The van der Waals surface area contributed by atoms with E-state index in [2.05, 4.69) is 17.1 Å². The quantitative estimate of drug-likeness (QED) is 0.506. The summed E-state index contributed by atoms with van der Waals surface area (Å²) < 4.78 is 27.5. The van der Waals surface area contributed by atoms with Crippen molar-refractivity contribution in [1.82, 2.24) is 4.31 Å². The van der Waals surface area contributed by atoms with E-state index < -0.39 is 26.7 Å². The number of sulfonamides is 1. The zero-order valence-electron chi connectivity index (χ0n) is 16.9. The summed E-state index contributed by atoms with van der Waals surface area (Å²) in [6.45, 7) is 5.59. The molecule has 0 N–H and O–H groups in total. The van der Waals surface area contributed by atoms with Crippen LogP contribution in [0, 0.1) is 0 Å². The summed E-state index contributed by atoms with van der Waals surface area (Å²) >= 11 is 1.72.